The van der Waals surface area contributed by atoms with E-state index in [0.29, 0.717) is 31.5 Å². The third kappa shape index (κ3) is 8.59. The lowest BCUT2D eigenvalue weighted by atomic mass is 10.0. The van der Waals surface area contributed by atoms with Crippen LogP contribution in [0.2, 0.25) is 0 Å². The lowest BCUT2D eigenvalue weighted by Crippen LogP contribution is -2.41. The number of hydrogen-bond donors (Lipinski definition) is 4. The number of nitrogens with zero attached hydrogens (tertiary/aromatic N) is 2. The van der Waals surface area contributed by atoms with Gasteiger partial charge in [0, 0.05) is 45.2 Å². The molecule has 1 aromatic heterocycles. The van der Waals surface area contributed by atoms with Crippen LogP contribution in [0.5, 0.6) is 0 Å². The van der Waals surface area contributed by atoms with E-state index in [2.05, 4.69) is 32.3 Å². The Bertz CT molecular complexity index is 617. The number of aliphatic hydroxyl groups excluding tert-OH is 1. The zero-order chi connectivity index (χ0) is 19.3. The summed E-state index contributed by atoms with van der Waals surface area (Å²) in [5.41, 5.74) is 0. The molecular formula is C17H31N5O3S. The normalized spacial score (nSPS) is 13.4. The third-order valence-electron chi connectivity index (χ3n) is 3.74. The molecule has 9 heteroatoms. The minimum absolute atomic E-state index is 0.145. The van der Waals surface area contributed by atoms with E-state index < -0.39 is 10.0 Å². The van der Waals surface area contributed by atoms with Gasteiger partial charge >= 0.3 is 0 Å². The van der Waals surface area contributed by atoms with Crippen LogP contribution in [0.1, 0.15) is 33.1 Å². The van der Waals surface area contributed by atoms with Crippen molar-refractivity contribution in [1.29, 1.82) is 0 Å². The van der Waals surface area contributed by atoms with E-state index in [1.807, 2.05) is 6.92 Å². The van der Waals surface area contributed by atoms with Crippen molar-refractivity contribution in [2.45, 2.75) is 38.0 Å². The van der Waals surface area contributed by atoms with Crippen LogP contribution in [0.15, 0.2) is 34.4 Å². The molecule has 0 aromatic carbocycles. The highest BCUT2D eigenvalue weighted by Crippen LogP contribution is 2.11. The van der Waals surface area contributed by atoms with E-state index in [-0.39, 0.29) is 18.0 Å². The quantitative estimate of drug-likeness (QED) is 0.239. The van der Waals surface area contributed by atoms with Crippen LogP contribution in [-0.4, -0.2) is 57.3 Å². The van der Waals surface area contributed by atoms with E-state index in [9.17, 15) is 8.42 Å². The second-order valence-corrected chi connectivity index (χ2v) is 7.67. The summed E-state index contributed by atoms with van der Waals surface area (Å²) in [6.07, 6.45) is 5.66. The molecule has 0 radical (unpaired) electrons. The number of pyridine rings is 1. The average molecular weight is 386 g/mol. The van der Waals surface area contributed by atoms with Crippen molar-refractivity contribution >= 4 is 16.0 Å². The van der Waals surface area contributed by atoms with Gasteiger partial charge in [-0.05, 0) is 37.8 Å². The molecule has 0 saturated heterocycles. The van der Waals surface area contributed by atoms with E-state index >= 15 is 0 Å². The molecule has 0 fully saturated rings. The van der Waals surface area contributed by atoms with Crippen LogP contribution in [0, 0.1) is 5.92 Å². The fourth-order valence-corrected chi connectivity index (χ4v) is 3.43. The average Bonchev–Trinajstić information content (AvgIpc) is 2.64. The molecule has 0 aliphatic heterocycles. The van der Waals surface area contributed by atoms with Crippen molar-refractivity contribution in [3.8, 4) is 0 Å². The molecule has 1 heterocycles. The summed E-state index contributed by atoms with van der Waals surface area (Å²) in [4.78, 5) is 8.51. The number of hydrogen-bond acceptors (Lipinski definition) is 5. The fraction of sp³-hybridized carbons (Fsp3) is 0.647. The molecule has 0 saturated carbocycles. The maximum absolute atomic E-state index is 12.1. The first-order valence-corrected chi connectivity index (χ1v) is 10.5. The Morgan fingerprint density at radius 3 is 2.69 bits per heavy atom. The Balaban J connectivity index is 2.49. The van der Waals surface area contributed by atoms with E-state index in [1.54, 1.807) is 6.07 Å². The third-order valence-corrected chi connectivity index (χ3v) is 5.19. The lowest BCUT2D eigenvalue weighted by molar-refractivity contribution is 0.253. The van der Waals surface area contributed by atoms with Crippen LogP contribution in [0.4, 0.5) is 0 Å². The molecule has 26 heavy (non-hydrogen) atoms. The predicted octanol–water partition coefficient (Wildman–Crippen LogP) is 0.714. The number of rotatable bonds is 12. The molecule has 0 spiro atoms. The lowest BCUT2D eigenvalue weighted by Gasteiger charge is -2.15. The van der Waals surface area contributed by atoms with E-state index in [1.165, 1.54) is 18.5 Å². The van der Waals surface area contributed by atoms with Crippen molar-refractivity contribution in [2.24, 2.45) is 10.9 Å². The maximum atomic E-state index is 12.1. The largest absolute Gasteiger partial charge is 0.396 e. The Labute approximate surface area is 156 Å². The predicted molar refractivity (Wildman–Crippen MR) is 104 cm³/mol. The summed E-state index contributed by atoms with van der Waals surface area (Å²) in [5.74, 6) is 0.997. The molecule has 1 rings (SSSR count). The first-order chi connectivity index (χ1) is 12.5. The molecule has 8 nitrogen and oxygen atoms in total. The Hall–Kier alpha value is -1.71. The van der Waals surface area contributed by atoms with Gasteiger partial charge in [0.15, 0.2) is 5.96 Å². The van der Waals surface area contributed by atoms with Gasteiger partial charge in [0.2, 0.25) is 10.0 Å². The first-order valence-electron chi connectivity index (χ1n) is 9.06. The van der Waals surface area contributed by atoms with E-state index in [0.717, 1.165) is 19.3 Å². The molecule has 0 aliphatic carbocycles. The summed E-state index contributed by atoms with van der Waals surface area (Å²) >= 11 is 0. The minimum atomic E-state index is -3.55. The van der Waals surface area contributed by atoms with Crippen molar-refractivity contribution < 1.29 is 13.5 Å². The van der Waals surface area contributed by atoms with Crippen molar-refractivity contribution in [1.82, 2.24) is 20.3 Å². The highest BCUT2D eigenvalue weighted by Gasteiger charge is 2.13. The Morgan fingerprint density at radius 2 is 2.08 bits per heavy atom. The van der Waals surface area contributed by atoms with Crippen LogP contribution < -0.4 is 15.4 Å². The van der Waals surface area contributed by atoms with Crippen LogP contribution >= 0.6 is 0 Å². The van der Waals surface area contributed by atoms with E-state index in [4.69, 9.17) is 5.11 Å². The van der Waals surface area contributed by atoms with Crippen LogP contribution in [-0.2, 0) is 10.0 Å². The highest BCUT2D eigenvalue weighted by atomic mass is 32.2. The Morgan fingerprint density at radius 1 is 1.27 bits per heavy atom. The van der Waals surface area contributed by atoms with Gasteiger partial charge in [-0.3, -0.25) is 9.98 Å². The number of nitrogens with one attached hydrogen (secondary N) is 3. The molecule has 1 atom stereocenters. The van der Waals surface area contributed by atoms with Crippen LogP contribution in [0.3, 0.4) is 0 Å². The second-order valence-electron chi connectivity index (χ2n) is 5.90. The molecule has 1 aromatic rings. The summed E-state index contributed by atoms with van der Waals surface area (Å²) < 4.78 is 26.8. The van der Waals surface area contributed by atoms with Gasteiger partial charge < -0.3 is 15.7 Å². The van der Waals surface area contributed by atoms with Gasteiger partial charge in [-0.25, -0.2) is 13.1 Å². The molecule has 1 unspecified atom stereocenters. The van der Waals surface area contributed by atoms with Gasteiger partial charge in [0.25, 0.3) is 0 Å². The molecule has 148 valence electrons. The topological polar surface area (TPSA) is 116 Å². The number of aliphatic hydroxyl groups is 1. The molecule has 0 aliphatic rings. The van der Waals surface area contributed by atoms with Gasteiger partial charge in [0.05, 0.1) is 0 Å². The van der Waals surface area contributed by atoms with Gasteiger partial charge in [-0.15, -0.1) is 0 Å². The second kappa shape index (κ2) is 12.6. The smallest absolute Gasteiger partial charge is 0.242 e. The zero-order valence-electron chi connectivity index (χ0n) is 15.6. The van der Waals surface area contributed by atoms with Crippen molar-refractivity contribution in [3.63, 3.8) is 0 Å². The first kappa shape index (κ1) is 22.3. The summed E-state index contributed by atoms with van der Waals surface area (Å²) in [5, 5.41) is 15.4. The molecule has 4 N–H and O–H groups in total. The van der Waals surface area contributed by atoms with Crippen LogP contribution in [0.25, 0.3) is 0 Å². The number of aromatic nitrogens is 1. The summed E-state index contributed by atoms with van der Waals surface area (Å²) in [6, 6.07) is 3.09. The Kier molecular flexibility index (Phi) is 10.8. The van der Waals surface area contributed by atoms with Crippen molar-refractivity contribution in [2.75, 3.05) is 32.8 Å². The molecular weight excluding hydrogens is 354 g/mol. The monoisotopic (exact) mass is 385 g/mol. The van der Waals surface area contributed by atoms with Crippen molar-refractivity contribution in [3.05, 3.63) is 24.5 Å². The number of sulfonamides is 1. The summed E-state index contributed by atoms with van der Waals surface area (Å²) in [6.45, 7) is 6.24. The van der Waals surface area contributed by atoms with Gasteiger partial charge in [-0.2, -0.15) is 0 Å². The standard InChI is InChI=1S/C17H31N5O3S/c1-3-6-15(8-12-23)13-21-17(19-4-2)20-10-11-22-26(24,25)16-7-5-9-18-14-16/h5,7,9,14-15,22-23H,3-4,6,8,10-13H2,1-2H3,(H2,19,20,21). The zero-order valence-corrected chi connectivity index (χ0v) is 16.4. The summed E-state index contributed by atoms with van der Waals surface area (Å²) in [7, 11) is -3.55. The highest BCUT2D eigenvalue weighted by molar-refractivity contribution is 7.89. The fourth-order valence-electron chi connectivity index (χ4n) is 2.44. The number of guanidine groups is 1. The number of aliphatic imine (C=N–C) groups is 1. The molecule has 0 amide bonds. The maximum Gasteiger partial charge on any atom is 0.242 e. The molecule has 0 bridgehead atoms. The van der Waals surface area contributed by atoms with Gasteiger partial charge in [0.1, 0.15) is 4.90 Å². The van der Waals surface area contributed by atoms with Gasteiger partial charge in [-0.1, -0.05) is 13.3 Å². The minimum Gasteiger partial charge on any atom is -0.396 e. The SMILES string of the molecule is CCCC(CCO)CN=C(NCC)NCCNS(=O)(=O)c1cccnc1.